The van der Waals surface area contributed by atoms with Crippen molar-refractivity contribution in [1.82, 2.24) is 14.9 Å². The number of hydrogen-bond donors (Lipinski definition) is 0. The highest BCUT2D eigenvalue weighted by Crippen LogP contribution is 2.38. The lowest BCUT2D eigenvalue weighted by molar-refractivity contribution is -0.143. The molecule has 1 atom stereocenters. The molecule has 3 saturated heterocycles. The Labute approximate surface area is 162 Å². The number of aromatic nitrogens is 2. The number of hydrogen-bond acceptors (Lipinski definition) is 4. The Morgan fingerprint density at radius 1 is 0.828 bits per heavy atom. The topological polar surface area (TPSA) is 38.2 Å². The highest BCUT2D eigenvalue weighted by molar-refractivity contribution is 5.64. The maximum Gasteiger partial charge on any atom is 0.416 e. The first kappa shape index (κ1) is 19.9. The maximum atomic E-state index is 13.0. The van der Waals surface area contributed by atoms with Gasteiger partial charge in [-0.15, -0.1) is 0 Å². The molecule has 0 saturated carbocycles. The normalized spacial score (nSPS) is 24.6. The van der Waals surface area contributed by atoms with E-state index in [0.29, 0.717) is 18.1 Å². The van der Waals surface area contributed by atoms with Crippen LogP contribution in [0.2, 0.25) is 0 Å². The van der Waals surface area contributed by atoms with E-state index in [9.17, 15) is 26.3 Å². The van der Waals surface area contributed by atoms with Crippen LogP contribution in [0.15, 0.2) is 30.6 Å². The van der Waals surface area contributed by atoms with Crippen LogP contribution in [0.3, 0.4) is 0 Å². The fraction of sp³-hybridized carbons (Fsp3) is 0.474. The van der Waals surface area contributed by atoms with Gasteiger partial charge in [-0.3, -0.25) is 4.90 Å². The predicted molar refractivity (Wildman–Crippen MR) is 91.1 cm³/mol. The van der Waals surface area contributed by atoms with Gasteiger partial charge in [-0.25, -0.2) is 9.97 Å². The van der Waals surface area contributed by atoms with Gasteiger partial charge in [-0.1, -0.05) is 0 Å². The zero-order valence-electron chi connectivity index (χ0n) is 15.1. The van der Waals surface area contributed by atoms with E-state index in [-0.39, 0.29) is 29.3 Å². The van der Waals surface area contributed by atoms with Crippen LogP contribution in [-0.2, 0) is 12.4 Å². The van der Waals surface area contributed by atoms with Crippen molar-refractivity contribution in [1.29, 1.82) is 0 Å². The maximum absolute atomic E-state index is 13.0. The van der Waals surface area contributed by atoms with E-state index in [1.807, 2.05) is 0 Å². The smallest absolute Gasteiger partial charge is 0.416 e. The van der Waals surface area contributed by atoms with Crippen LogP contribution in [0.4, 0.5) is 26.3 Å². The summed E-state index contributed by atoms with van der Waals surface area (Å²) < 4.78 is 84.0. The zero-order valence-corrected chi connectivity index (χ0v) is 15.1. The highest BCUT2D eigenvalue weighted by Gasteiger charge is 2.38. The van der Waals surface area contributed by atoms with E-state index in [1.54, 1.807) is 0 Å². The Morgan fingerprint density at radius 2 is 1.38 bits per heavy atom. The molecule has 10 heteroatoms. The third kappa shape index (κ3) is 4.31. The second kappa shape index (κ2) is 7.16. The number of alkyl halides is 6. The fourth-order valence-corrected chi connectivity index (χ4v) is 3.83. The number of halogens is 6. The van der Waals surface area contributed by atoms with Crippen LogP contribution in [-0.4, -0.2) is 40.6 Å². The molecular weight excluding hydrogens is 400 g/mol. The first-order valence-corrected chi connectivity index (χ1v) is 9.10. The molecule has 3 aliphatic heterocycles. The fourth-order valence-electron chi connectivity index (χ4n) is 3.83. The summed E-state index contributed by atoms with van der Waals surface area (Å²) in [4.78, 5) is 10.3. The standard InChI is InChI=1S/C19H17F6N3O/c20-18(21,22)14-5-12(6-15(7-14)19(23,24)25)13-8-26-17(27-9-13)29-16-10-28-3-1-11(16)2-4-28/h5-9,11,16H,1-4,10H2. The van der Waals surface area contributed by atoms with Crippen LogP contribution in [0.25, 0.3) is 11.1 Å². The second-order valence-electron chi connectivity index (χ2n) is 7.34. The molecule has 1 aromatic heterocycles. The minimum absolute atomic E-state index is 0.0443. The molecule has 1 aromatic carbocycles. The van der Waals surface area contributed by atoms with E-state index in [2.05, 4.69) is 14.9 Å². The molecule has 5 rings (SSSR count). The van der Waals surface area contributed by atoms with Crippen LogP contribution < -0.4 is 4.74 Å². The van der Waals surface area contributed by atoms with Crippen LogP contribution in [0, 0.1) is 5.92 Å². The molecule has 3 aliphatic rings. The Balaban J connectivity index is 1.58. The van der Waals surface area contributed by atoms with Crippen LogP contribution in [0.5, 0.6) is 6.01 Å². The summed E-state index contributed by atoms with van der Waals surface area (Å²) in [6, 6.07) is 1.47. The molecule has 0 radical (unpaired) electrons. The average molecular weight is 417 g/mol. The molecule has 0 N–H and O–H groups in total. The molecule has 4 nitrogen and oxygen atoms in total. The van der Waals surface area contributed by atoms with Gasteiger partial charge < -0.3 is 4.74 Å². The Bertz CT molecular complexity index is 841. The van der Waals surface area contributed by atoms with Gasteiger partial charge in [-0.2, -0.15) is 26.3 Å². The van der Waals surface area contributed by atoms with Gasteiger partial charge in [0.2, 0.25) is 0 Å². The number of rotatable bonds is 3. The zero-order chi connectivity index (χ0) is 20.8. The van der Waals surface area contributed by atoms with Gasteiger partial charge in [0.1, 0.15) is 6.10 Å². The SMILES string of the molecule is FC(F)(F)c1cc(-c2cnc(OC3CN4CCC3CC4)nc2)cc(C(F)(F)F)c1. The first-order chi connectivity index (χ1) is 13.6. The Kier molecular flexibility index (Phi) is 4.92. The predicted octanol–water partition coefficient (Wildman–Crippen LogP) is 4.65. The van der Waals surface area contributed by atoms with Crippen molar-refractivity contribution in [3.05, 3.63) is 41.7 Å². The lowest BCUT2D eigenvalue weighted by Crippen LogP contribution is -2.52. The molecular formula is C19H17F6N3O. The molecule has 29 heavy (non-hydrogen) atoms. The third-order valence-corrected chi connectivity index (χ3v) is 5.40. The minimum atomic E-state index is -4.91. The molecule has 4 heterocycles. The number of ether oxygens (including phenoxy) is 1. The van der Waals surface area contributed by atoms with E-state index < -0.39 is 23.5 Å². The van der Waals surface area contributed by atoms with Crippen molar-refractivity contribution in [3.63, 3.8) is 0 Å². The molecule has 2 bridgehead atoms. The van der Waals surface area contributed by atoms with E-state index >= 15 is 0 Å². The van der Waals surface area contributed by atoms with Gasteiger partial charge in [0, 0.05) is 24.5 Å². The number of benzene rings is 1. The summed E-state index contributed by atoms with van der Waals surface area (Å²) >= 11 is 0. The van der Waals surface area contributed by atoms with Gasteiger partial charge in [0.25, 0.3) is 0 Å². The van der Waals surface area contributed by atoms with Gasteiger partial charge in [0.15, 0.2) is 0 Å². The summed E-state index contributed by atoms with van der Waals surface area (Å²) in [5.74, 6) is 0.404. The Morgan fingerprint density at radius 3 is 1.83 bits per heavy atom. The van der Waals surface area contributed by atoms with Crippen LogP contribution in [0.1, 0.15) is 24.0 Å². The Hall–Kier alpha value is -2.36. The van der Waals surface area contributed by atoms with E-state index in [0.717, 1.165) is 32.5 Å². The largest absolute Gasteiger partial charge is 0.458 e. The summed E-state index contributed by atoms with van der Waals surface area (Å²) in [7, 11) is 0. The lowest BCUT2D eigenvalue weighted by atomic mass is 9.86. The number of piperidine rings is 3. The van der Waals surface area contributed by atoms with Crippen molar-refractivity contribution in [3.8, 4) is 17.1 Å². The number of fused-ring (bicyclic) bond motifs is 3. The summed E-state index contributed by atoms with van der Waals surface area (Å²) in [6.07, 6.45) is -5.47. The molecule has 3 fully saturated rings. The molecule has 2 aromatic rings. The molecule has 0 spiro atoms. The van der Waals surface area contributed by atoms with Crippen LogP contribution >= 0.6 is 0 Å². The summed E-state index contributed by atoms with van der Waals surface area (Å²) in [5, 5.41) is 0. The van der Waals surface area contributed by atoms with Crippen molar-refractivity contribution in [2.45, 2.75) is 31.3 Å². The van der Waals surface area contributed by atoms with Crippen molar-refractivity contribution < 1.29 is 31.1 Å². The van der Waals surface area contributed by atoms with Gasteiger partial charge >= 0.3 is 18.4 Å². The monoisotopic (exact) mass is 417 g/mol. The molecule has 0 amide bonds. The number of nitrogens with zero attached hydrogens (tertiary/aromatic N) is 3. The van der Waals surface area contributed by atoms with Crippen molar-refractivity contribution in [2.24, 2.45) is 5.92 Å². The van der Waals surface area contributed by atoms with Gasteiger partial charge in [-0.05, 0) is 55.6 Å². The molecule has 156 valence electrons. The first-order valence-electron chi connectivity index (χ1n) is 9.10. The summed E-state index contributed by atoms with van der Waals surface area (Å²) in [5.41, 5.74) is -2.98. The van der Waals surface area contributed by atoms with Crippen molar-refractivity contribution in [2.75, 3.05) is 19.6 Å². The molecule has 0 aliphatic carbocycles. The minimum Gasteiger partial charge on any atom is -0.458 e. The van der Waals surface area contributed by atoms with E-state index in [4.69, 9.17) is 4.74 Å². The summed E-state index contributed by atoms with van der Waals surface area (Å²) in [6.45, 7) is 2.82. The second-order valence-corrected chi connectivity index (χ2v) is 7.34. The quantitative estimate of drug-likeness (QED) is 0.682. The van der Waals surface area contributed by atoms with Crippen molar-refractivity contribution >= 4 is 0 Å². The lowest BCUT2D eigenvalue weighted by Gasteiger charge is -2.43. The van der Waals surface area contributed by atoms with Gasteiger partial charge in [0.05, 0.1) is 11.1 Å². The average Bonchev–Trinajstić information content (AvgIpc) is 2.68. The third-order valence-electron chi connectivity index (χ3n) is 5.40. The van der Waals surface area contributed by atoms with E-state index in [1.165, 1.54) is 12.4 Å². The highest BCUT2D eigenvalue weighted by atomic mass is 19.4. The molecule has 1 unspecified atom stereocenters.